The largest absolute Gasteiger partial charge is 0.450 e. The number of hydrogen-bond acceptors (Lipinski definition) is 4. The summed E-state index contributed by atoms with van der Waals surface area (Å²) in [6.45, 7) is 7.82. The van der Waals surface area contributed by atoms with Crippen molar-refractivity contribution in [2.24, 2.45) is 0 Å². The summed E-state index contributed by atoms with van der Waals surface area (Å²) in [7, 11) is 0. The Balaban J connectivity index is 2.42. The standard InChI is InChI=1S/C16H29N3O4/c1-4-6-15(21)17-9-12-19(13(3)20)14-7-10-18(11-8-14)16(22)23-5-2/h14H,4-12H2,1-3H3,(H,17,21). The summed E-state index contributed by atoms with van der Waals surface area (Å²) in [4.78, 5) is 38.5. The second kappa shape index (κ2) is 10.1. The summed E-state index contributed by atoms with van der Waals surface area (Å²) in [5.41, 5.74) is 0. The molecule has 7 nitrogen and oxygen atoms in total. The van der Waals surface area contributed by atoms with Crippen LogP contribution in [0.5, 0.6) is 0 Å². The molecule has 1 aliphatic heterocycles. The fourth-order valence-corrected chi connectivity index (χ4v) is 2.80. The fraction of sp³-hybridized carbons (Fsp3) is 0.812. The highest BCUT2D eigenvalue weighted by atomic mass is 16.6. The zero-order valence-electron chi connectivity index (χ0n) is 14.5. The molecule has 0 saturated carbocycles. The third kappa shape index (κ3) is 6.46. The van der Waals surface area contributed by atoms with Crippen molar-refractivity contribution in [1.82, 2.24) is 15.1 Å². The summed E-state index contributed by atoms with van der Waals surface area (Å²) in [5, 5.41) is 2.83. The molecule has 0 unspecified atom stereocenters. The highest BCUT2D eigenvalue weighted by Gasteiger charge is 2.28. The third-order valence-corrected chi connectivity index (χ3v) is 3.99. The maximum atomic E-state index is 11.9. The van der Waals surface area contributed by atoms with Gasteiger partial charge < -0.3 is 19.9 Å². The molecule has 0 aromatic rings. The van der Waals surface area contributed by atoms with Gasteiger partial charge in [0.15, 0.2) is 0 Å². The van der Waals surface area contributed by atoms with Crippen molar-refractivity contribution < 1.29 is 19.1 Å². The average Bonchev–Trinajstić information content (AvgIpc) is 2.52. The monoisotopic (exact) mass is 327 g/mol. The first-order valence-corrected chi connectivity index (χ1v) is 8.45. The zero-order chi connectivity index (χ0) is 17.2. The van der Waals surface area contributed by atoms with Crippen molar-refractivity contribution >= 4 is 17.9 Å². The molecule has 23 heavy (non-hydrogen) atoms. The van der Waals surface area contributed by atoms with E-state index >= 15 is 0 Å². The molecular weight excluding hydrogens is 298 g/mol. The van der Waals surface area contributed by atoms with E-state index in [-0.39, 0.29) is 23.9 Å². The van der Waals surface area contributed by atoms with Crippen molar-refractivity contribution in [1.29, 1.82) is 0 Å². The molecule has 0 aromatic heterocycles. The number of piperidine rings is 1. The van der Waals surface area contributed by atoms with Gasteiger partial charge in [-0.3, -0.25) is 9.59 Å². The van der Waals surface area contributed by atoms with Gasteiger partial charge in [-0.15, -0.1) is 0 Å². The lowest BCUT2D eigenvalue weighted by molar-refractivity contribution is -0.132. The molecule has 0 aromatic carbocycles. The SMILES string of the molecule is CCCC(=O)NCCN(C(C)=O)C1CCN(C(=O)OCC)CC1. The van der Waals surface area contributed by atoms with Crippen molar-refractivity contribution in [2.45, 2.75) is 52.5 Å². The van der Waals surface area contributed by atoms with Crippen molar-refractivity contribution in [3.63, 3.8) is 0 Å². The maximum absolute atomic E-state index is 11.9. The lowest BCUT2D eigenvalue weighted by atomic mass is 10.0. The Bertz CT molecular complexity index is 406. The Hall–Kier alpha value is -1.79. The van der Waals surface area contributed by atoms with Crippen LogP contribution in [0.25, 0.3) is 0 Å². The predicted molar refractivity (Wildman–Crippen MR) is 86.9 cm³/mol. The van der Waals surface area contributed by atoms with Crippen LogP contribution in [-0.4, -0.2) is 66.5 Å². The lowest BCUT2D eigenvalue weighted by Gasteiger charge is -2.37. The van der Waals surface area contributed by atoms with Crippen molar-refractivity contribution in [2.75, 3.05) is 32.8 Å². The smallest absolute Gasteiger partial charge is 0.409 e. The summed E-state index contributed by atoms with van der Waals surface area (Å²) in [6, 6.07) is 0.112. The van der Waals surface area contributed by atoms with Crippen LogP contribution in [0.3, 0.4) is 0 Å². The quantitative estimate of drug-likeness (QED) is 0.766. The number of nitrogens with zero attached hydrogens (tertiary/aromatic N) is 2. The Kier molecular flexibility index (Phi) is 8.43. The number of amides is 3. The first-order chi connectivity index (χ1) is 11.0. The second-order valence-corrected chi connectivity index (χ2v) is 5.73. The second-order valence-electron chi connectivity index (χ2n) is 5.73. The van der Waals surface area contributed by atoms with Gasteiger partial charge in [0.2, 0.25) is 11.8 Å². The van der Waals surface area contributed by atoms with E-state index in [9.17, 15) is 14.4 Å². The molecule has 0 aliphatic carbocycles. The number of ether oxygens (including phenoxy) is 1. The van der Waals surface area contributed by atoms with Gasteiger partial charge in [0.1, 0.15) is 0 Å². The van der Waals surface area contributed by atoms with Gasteiger partial charge in [-0.2, -0.15) is 0 Å². The number of carbonyl (C=O) groups excluding carboxylic acids is 3. The van der Waals surface area contributed by atoms with E-state index < -0.39 is 0 Å². The fourth-order valence-electron chi connectivity index (χ4n) is 2.80. The molecule has 0 atom stereocenters. The molecular formula is C16H29N3O4. The lowest BCUT2D eigenvalue weighted by Crippen LogP contribution is -2.50. The van der Waals surface area contributed by atoms with Gasteiger partial charge >= 0.3 is 6.09 Å². The summed E-state index contributed by atoms with van der Waals surface area (Å²) in [6.07, 6.45) is 2.52. The number of likely N-dealkylation sites (tertiary alicyclic amines) is 1. The van der Waals surface area contributed by atoms with Crippen LogP contribution in [0, 0.1) is 0 Å². The molecule has 0 bridgehead atoms. The molecule has 0 radical (unpaired) electrons. The van der Waals surface area contributed by atoms with Crippen LogP contribution in [0.2, 0.25) is 0 Å². The Morgan fingerprint density at radius 2 is 1.87 bits per heavy atom. The molecule has 1 heterocycles. The molecule has 132 valence electrons. The van der Waals surface area contributed by atoms with E-state index in [0.717, 1.165) is 19.3 Å². The van der Waals surface area contributed by atoms with E-state index in [2.05, 4.69) is 5.32 Å². The van der Waals surface area contributed by atoms with Crippen molar-refractivity contribution in [3.8, 4) is 0 Å². The third-order valence-electron chi connectivity index (χ3n) is 3.99. The van der Waals surface area contributed by atoms with Gasteiger partial charge in [0.25, 0.3) is 0 Å². The van der Waals surface area contributed by atoms with Gasteiger partial charge in [-0.05, 0) is 26.2 Å². The van der Waals surface area contributed by atoms with Gasteiger partial charge in [-0.25, -0.2) is 4.79 Å². The highest BCUT2D eigenvalue weighted by Crippen LogP contribution is 2.17. The van der Waals surface area contributed by atoms with E-state index in [1.54, 1.807) is 23.6 Å². The van der Waals surface area contributed by atoms with Crippen LogP contribution in [-0.2, 0) is 14.3 Å². The minimum absolute atomic E-state index is 0.00400. The molecule has 1 fully saturated rings. The number of carbonyl (C=O) groups is 3. The van der Waals surface area contributed by atoms with E-state index in [4.69, 9.17) is 4.74 Å². The van der Waals surface area contributed by atoms with Crippen LogP contribution < -0.4 is 5.32 Å². The number of rotatable bonds is 7. The molecule has 3 amide bonds. The Morgan fingerprint density at radius 3 is 2.39 bits per heavy atom. The van der Waals surface area contributed by atoms with Crippen LogP contribution in [0.15, 0.2) is 0 Å². The maximum Gasteiger partial charge on any atom is 0.409 e. The minimum Gasteiger partial charge on any atom is -0.450 e. The van der Waals surface area contributed by atoms with Crippen LogP contribution in [0.1, 0.15) is 46.5 Å². The predicted octanol–water partition coefficient (Wildman–Crippen LogP) is 1.37. The van der Waals surface area contributed by atoms with E-state index in [0.29, 0.717) is 39.2 Å². The summed E-state index contributed by atoms with van der Waals surface area (Å²) < 4.78 is 5.00. The van der Waals surface area contributed by atoms with Gasteiger partial charge in [0, 0.05) is 45.6 Å². The molecule has 1 saturated heterocycles. The van der Waals surface area contributed by atoms with Gasteiger partial charge in [0.05, 0.1) is 6.61 Å². The van der Waals surface area contributed by atoms with Crippen LogP contribution in [0.4, 0.5) is 4.79 Å². The summed E-state index contributed by atoms with van der Waals surface area (Å²) >= 11 is 0. The zero-order valence-corrected chi connectivity index (χ0v) is 14.5. The molecule has 1 rings (SSSR count). The Labute approximate surface area is 138 Å². The van der Waals surface area contributed by atoms with Crippen molar-refractivity contribution in [3.05, 3.63) is 0 Å². The normalized spacial score (nSPS) is 15.2. The van der Waals surface area contributed by atoms with E-state index in [1.165, 1.54) is 0 Å². The highest BCUT2D eigenvalue weighted by molar-refractivity contribution is 5.76. The molecule has 1 N–H and O–H groups in total. The van der Waals surface area contributed by atoms with Gasteiger partial charge in [-0.1, -0.05) is 6.92 Å². The first-order valence-electron chi connectivity index (χ1n) is 8.45. The molecule has 0 spiro atoms. The molecule has 7 heteroatoms. The summed E-state index contributed by atoms with van der Waals surface area (Å²) in [5.74, 6) is 0.0254. The Morgan fingerprint density at radius 1 is 1.22 bits per heavy atom. The first kappa shape index (κ1) is 19.3. The topological polar surface area (TPSA) is 79.0 Å². The van der Waals surface area contributed by atoms with Crippen LogP contribution >= 0.6 is 0 Å². The molecule has 1 aliphatic rings. The number of hydrogen-bond donors (Lipinski definition) is 1. The van der Waals surface area contributed by atoms with E-state index in [1.807, 2.05) is 6.92 Å². The number of nitrogens with one attached hydrogen (secondary N) is 1. The minimum atomic E-state index is -0.285. The average molecular weight is 327 g/mol.